The average molecular weight is 253 g/mol. The summed E-state index contributed by atoms with van der Waals surface area (Å²) in [6, 6.07) is 8.20. The molecule has 2 rings (SSSR count). The Morgan fingerprint density at radius 1 is 1.41 bits per heavy atom. The van der Waals surface area contributed by atoms with Crippen molar-refractivity contribution in [3.05, 3.63) is 29.8 Å². The maximum Gasteiger partial charge on any atom is 0.0601 e. The van der Waals surface area contributed by atoms with Crippen LogP contribution in [0.5, 0.6) is 0 Å². The van der Waals surface area contributed by atoms with Crippen LogP contribution in [-0.4, -0.2) is 36.7 Å². The third kappa shape index (κ3) is 2.36. The van der Waals surface area contributed by atoms with Crippen LogP contribution in [0.1, 0.15) is 12.5 Å². The molecule has 0 spiro atoms. The Morgan fingerprint density at radius 2 is 2.06 bits per heavy atom. The lowest BCUT2D eigenvalue weighted by atomic mass is 9.73. The molecule has 1 atom stereocenters. The molecule has 0 bridgehead atoms. The molecular weight excluding hydrogens is 234 g/mol. The van der Waals surface area contributed by atoms with Crippen LogP contribution in [0.15, 0.2) is 29.2 Å². The molecule has 17 heavy (non-hydrogen) atoms. The Bertz CT molecular complexity index is 362. The van der Waals surface area contributed by atoms with Gasteiger partial charge in [-0.1, -0.05) is 19.1 Å². The first-order valence-electron chi connectivity index (χ1n) is 5.90. The van der Waals surface area contributed by atoms with Crippen molar-refractivity contribution in [3.63, 3.8) is 0 Å². The molecule has 1 heterocycles. The lowest BCUT2D eigenvalue weighted by Crippen LogP contribution is -2.60. The van der Waals surface area contributed by atoms with Crippen LogP contribution in [0.4, 0.5) is 0 Å². The fourth-order valence-corrected chi connectivity index (χ4v) is 2.80. The minimum absolute atomic E-state index is 0.00514. The number of aliphatic hydroxyl groups excluding tert-OH is 1. The van der Waals surface area contributed by atoms with E-state index in [-0.39, 0.29) is 18.1 Å². The van der Waals surface area contributed by atoms with Crippen molar-refractivity contribution < 1.29 is 9.84 Å². The van der Waals surface area contributed by atoms with Crippen molar-refractivity contribution in [1.82, 2.24) is 0 Å². The van der Waals surface area contributed by atoms with E-state index in [1.165, 1.54) is 10.5 Å². The highest BCUT2D eigenvalue weighted by Crippen LogP contribution is 2.35. The minimum atomic E-state index is -0.249. The first-order valence-corrected chi connectivity index (χ1v) is 6.89. The fourth-order valence-electron chi connectivity index (χ4n) is 2.14. The Morgan fingerprint density at radius 3 is 2.47 bits per heavy atom. The SMILES string of the molecule is CCSc1ccc(C2(C(N)CO)COC2)cc1. The Labute approximate surface area is 106 Å². The number of benzene rings is 1. The molecule has 0 radical (unpaired) electrons. The van der Waals surface area contributed by atoms with Crippen LogP contribution >= 0.6 is 11.8 Å². The normalized spacial score (nSPS) is 19.7. The topological polar surface area (TPSA) is 55.5 Å². The number of thioether (sulfide) groups is 1. The van der Waals surface area contributed by atoms with Crippen LogP contribution in [0.2, 0.25) is 0 Å². The smallest absolute Gasteiger partial charge is 0.0601 e. The quantitative estimate of drug-likeness (QED) is 0.779. The molecule has 0 saturated carbocycles. The van der Waals surface area contributed by atoms with Gasteiger partial charge in [0.15, 0.2) is 0 Å². The van der Waals surface area contributed by atoms with Gasteiger partial charge in [0.1, 0.15) is 0 Å². The average Bonchev–Trinajstić information content (AvgIpc) is 2.30. The van der Waals surface area contributed by atoms with E-state index in [0.29, 0.717) is 13.2 Å². The molecule has 1 aromatic carbocycles. The summed E-state index contributed by atoms with van der Waals surface area (Å²) in [4.78, 5) is 1.27. The lowest BCUT2D eigenvalue weighted by molar-refractivity contribution is -0.0798. The van der Waals surface area contributed by atoms with Gasteiger partial charge in [0.2, 0.25) is 0 Å². The van der Waals surface area contributed by atoms with E-state index >= 15 is 0 Å². The minimum Gasteiger partial charge on any atom is -0.395 e. The van der Waals surface area contributed by atoms with Crippen LogP contribution in [0.25, 0.3) is 0 Å². The van der Waals surface area contributed by atoms with Crippen LogP contribution in [0.3, 0.4) is 0 Å². The van der Waals surface area contributed by atoms with E-state index in [1.807, 2.05) is 11.8 Å². The molecule has 4 heteroatoms. The van der Waals surface area contributed by atoms with Crippen molar-refractivity contribution >= 4 is 11.8 Å². The Kier molecular flexibility index (Phi) is 4.09. The maximum absolute atomic E-state index is 9.25. The van der Waals surface area contributed by atoms with Gasteiger partial charge in [0.25, 0.3) is 0 Å². The van der Waals surface area contributed by atoms with Crippen LogP contribution < -0.4 is 5.73 Å². The highest BCUT2D eigenvalue weighted by molar-refractivity contribution is 7.99. The summed E-state index contributed by atoms with van der Waals surface area (Å²) < 4.78 is 5.30. The number of hydrogen-bond donors (Lipinski definition) is 2. The van der Waals surface area contributed by atoms with E-state index in [1.54, 1.807) is 0 Å². The van der Waals surface area contributed by atoms with E-state index < -0.39 is 0 Å². The molecule has 94 valence electrons. The first-order chi connectivity index (χ1) is 8.23. The van der Waals surface area contributed by atoms with Gasteiger partial charge < -0.3 is 15.6 Å². The summed E-state index contributed by atoms with van der Waals surface area (Å²) in [5.41, 5.74) is 6.99. The third-order valence-corrected chi connectivity index (χ3v) is 4.26. The molecule has 3 nitrogen and oxygen atoms in total. The monoisotopic (exact) mass is 253 g/mol. The van der Waals surface area contributed by atoms with Crippen molar-refractivity contribution in [2.45, 2.75) is 23.3 Å². The van der Waals surface area contributed by atoms with Gasteiger partial charge in [-0.25, -0.2) is 0 Å². The molecule has 1 fully saturated rings. The largest absolute Gasteiger partial charge is 0.395 e. The first kappa shape index (κ1) is 12.9. The van der Waals surface area contributed by atoms with Gasteiger partial charge in [-0.3, -0.25) is 0 Å². The number of aliphatic hydroxyl groups is 1. The third-order valence-electron chi connectivity index (χ3n) is 3.37. The van der Waals surface area contributed by atoms with Gasteiger partial charge >= 0.3 is 0 Å². The Hall–Kier alpha value is -0.550. The molecule has 1 aliphatic rings. The summed E-state index contributed by atoms with van der Waals surface area (Å²) in [6.07, 6.45) is 0. The summed E-state index contributed by atoms with van der Waals surface area (Å²) in [5, 5.41) is 9.25. The van der Waals surface area contributed by atoms with Gasteiger partial charge in [-0.05, 0) is 23.4 Å². The zero-order valence-electron chi connectivity index (χ0n) is 10.1. The maximum atomic E-state index is 9.25. The van der Waals surface area contributed by atoms with E-state index in [2.05, 4.69) is 31.2 Å². The van der Waals surface area contributed by atoms with Crippen molar-refractivity contribution in [2.24, 2.45) is 5.73 Å². The summed E-state index contributed by atoms with van der Waals surface area (Å²) in [5.74, 6) is 1.07. The molecule has 0 aliphatic carbocycles. The molecule has 1 aromatic rings. The molecule has 3 N–H and O–H groups in total. The number of nitrogens with two attached hydrogens (primary N) is 1. The summed E-state index contributed by atoms with van der Waals surface area (Å²) in [7, 11) is 0. The lowest BCUT2D eigenvalue weighted by Gasteiger charge is -2.45. The summed E-state index contributed by atoms with van der Waals surface area (Å²) in [6.45, 7) is 3.35. The Balaban J connectivity index is 2.20. The van der Waals surface area contributed by atoms with Crippen LogP contribution in [0, 0.1) is 0 Å². The zero-order chi connectivity index (χ0) is 12.3. The number of ether oxygens (including phenoxy) is 1. The van der Waals surface area contributed by atoms with E-state index in [9.17, 15) is 5.11 Å². The van der Waals surface area contributed by atoms with E-state index in [4.69, 9.17) is 10.5 Å². The highest BCUT2D eigenvalue weighted by Gasteiger charge is 2.45. The van der Waals surface area contributed by atoms with Gasteiger partial charge in [0, 0.05) is 10.9 Å². The van der Waals surface area contributed by atoms with Gasteiger partial charge in [-0.2, -0.15) is 0 Å². The molecule has 1 saturated heterocycles. The second-order valence-electron chi connectivity index (χ2n) is 4.40. The van der Waals surface area contributed by atoms with Crippen molar-refractivity contribution in [3.8, 4) is 0 Å². The fraction of sp³-hybridized carbons (Fsp3) is 0.538. The zero-order valence-corrected chi connectivity index (χ0v) is 10.9. The molecular formula is C13H19NO2S. The molecule has 0 aromatic heterocycles. The number of rotatable bonds is 5. The summed E-state index contributed by atoms with van der Waals surface area (Å²) >= 11 is 1.82. The van der Waals surface area contributed by atoms with E-state index in [0.717, 1.165) is 5.75 Å². The van der Waals surface area contributed by atoms with Gasteiger partial charge in [-0.15, -0.1) is 11.8 Å². The predicted molar refractivity (Wildman–Crippen MR) is 70.4 cm³/mol. The second-order valence-corrected chi connectivity index (χ2v) is 5.73. The molecule has 0 amide bonds. The molecule has 1 unspecified atom stereocenters. The molecule has 1 aliphatic heterocycles. The standard InChI is InChI=1S/C13H19NO2S/c1-2-17-11-5-3-10(4-6-11)13(8-16-9-13)12(14)7-15/h3-6,12,15H,2,7-9,14H2,1H3. The van der Waals surface area contributed by atoms with Crippen LogP contribution in [-0.2, 0) is 10.2 Å². The van der Waals surface area contributed by atoms with Gasteiger partial charge in [0.05, 0.1) is 25.2 Å². The highest BCUT2D eigenvalue weighted by atomic mass is 32.2. The second kappa shape index (κ2) is 5.40. The predicted octanol–water partition coefficient (Wildman–Crippen LogP) is 1.39. The van der Waals surface area contributed by atoms with Crippen molar-refractivity contribution in [2.75, 3.05) is 25.6 Å². The van der Waals surface area contributed by atoms with Crippen molar-refractivity contribution in [1.29, 1.82) is 0 Å². The number of hydrogen-bond acceptors (Lipinski definition) is 4.